The van der Waals surface area contributed by atoms with Gasteiger partial charge in [0.1, 0.15) is 4.90 Å². The summed E-state index contributed by atoms with van der Waals surface area (Å²) in [4.78, 5) is -0.171. The van der Waals surface area contributed by atoms with E-state index in [-0.39, 0.29) is 4.90 Å². The topological polar surface area (TPSA) is 34.1 Å². The molecule has 1 aromatic carbocycles. The van der Waals surface area contributed by atoms with Gasteiger partial charge >= 0.3 is 10.2 Å². The molecule has 4 heteroatoms. The summed E-state index contributed by atoms with van der Waals surface area (Å²) in [7, 11) is -4.61. The van der Waals surface area contributed by atoms with Crippen LogP contribution in [0.1, 0.15) is 22.3 Å². The third-order valence-electron chi connectivity index (χ3n) is 2.54. The molecule has 78 valence electrons. The second-order valence-electron chi connectivity index (χ2n) is 3.53. The highest BCUT2D eigenvalue weighted by atomic mass is 32.3. The molecule has 0 fully saturated rings. The van der Waals surface area contributed by atoms with E-state index in [1.165, 1.54) is 0 Å². The minimum Gasteiger partial charge on any atom is -0.189 e. The summed E-state index contributed by atoms with van der Waals surface area (Å²) in [5, 5.41) is 0. The average molecular weight is 216 g/mol. The third-order valence-corrected chi connectivity index (χ3v) is 3.64. The molecule has 0 N–H and O–H groups in total. The minimum absolute atomic E-state index is 0.171. The van der Waals surface area contributed by atoms with Crippen molar-refractivity contribution in [3.8, 4) is 0 Å². The summed E-state index contributed by atoms with van der Waals surface area (Å²) in [6.45, 7) is 6.79. The maximum absolute atomic E-state index is 13.0. The van der Waals surface area contributed by atoms with Crippen molar-refractivity contribution in [2.75, 3.05) is 0 Å². The average Bonchev–Trinajstić information content (AvgIpc) is 1.98. The SMILES string of the molecule is Cc1cc(C)c(C)c(S(=O)(=O)F)c1C. The van der Waals surface area contributed by atoms with Crippen LogP contribution in [0.5, 0.6) is 0 Å². The van der Waals surface area contributed by atoms with Crippen molar-refractivity contribution in [1.82, 2.24) is 0 Å². The molecule has 0 spiro atoms. The van der Waals surface area contributed by atoms with E-state index in [0.717, 1.165) is 11.1 Å². The fourth-order valence-corrected chi connectivity index (χ4v) is 2.60. The number of benzene rings is 1. The van der Waals surface area contributed by atoms with E-state index < -0.39 is 10.2 Å². The molecule has 2 nitrogen and oxygen atoms in total. The molecule has 0 amide bonds. The smallest absolute Gasteiger partial charge is 0.189 e. The van der Waals surface area contributed by atoms with Gasteiger partial charge in [0.25, 0.3) is 0 Å². The summed E-state index contributed by atoms with van der Waals surface area (Å²) in [5.41, 5.74) is 2.58. The maximum atomic E-state index is 13.0. The molecule has 0 atom stereocenters. The first kappa shape index (κ1) is 11.2. The zero-order valence-corrected chi connectivity index (χ0v) is 9.50. The molecule has 0 saturated carbocycles. The summed E-state index contributed by atoms with van der Waals surface area (Å²) >= 11 is 0. The van der Waals surface area contributed by atoms with E-state index in [2.05, 4.69) is 0 Å². The lowest BCUT2D eigenvalue weighted by Gasteiger charge is -2.11. The van der Waals surface area contributed by atoms with Gasteiger partial charge in [0, 0.05) is 0 Å². The van der Waals surface area contributed by atoms with Crippen molar-refractivity contribution in [2.45, 2.75) is 32.6 Å². The van der Waals surface area contributed by atoms with Crippen molar-refractivity contribution < 1.29 is 12.3 Å². The maximum Gasteiger partial charge on any atom is 0.332 e. The number of aryl methyl sites for hydroxylation is 2. The molecule has 14 heavy (non-hydrogen) atoms. The van der Waals surface area contributed by atoms with Gasteiger partial charge in [-0.15, -0.1) is 3.89 Å². The lowest BCUT2D eigenvalue weighted by molar-refractivity contribution is 0.550. The minimum atomic E-state index is -4.61. The predicted molar refractivity (Wildman–Crippen MR) is 53.7 cm³/mol. The van der Waals surface area contributed by atoms with E-state index >= 15 is 0 Å². The standard InChI is InChI=1S/C10H13FO2S/c1-6-5-7(2)9(4)10(8(6)3)14(11,12)13/h5H,1-4H3. The molecule has 0 bridgehead atoms. The number of hydrogen-bond donors (Lipinski definition) is 0. The first-order valence-electron chi connectivity index (χ1n) is 4.27. The summed E-state index contributed by atoms with van der Waals surface area (Å²) in [6.07, 6.45) is 0. The van der Waals surface area contributed by atoms with E-state index in [4.69, 9.17) is 0 Å². The van der Waals surface area contributed by atoms with Crippen LogP contribution in [-0.4, -0.2) is 8.42 Å². The van der Waals surface area contributed by atoms with Gasteiger partial charge in [-0.1, -0.05) is 6.07 Å². The Morgan fingerprint density at radius 3 is 1.64 bits per heavy atom. The van der Waals surface area contributed by atoms with Gasteiger partial charge in [0.05, 0.1) is 0 Å². The second-order valence-corrected chi connectivity index (χ2v) is 4.81. The van der Waals surface area contributed by atoms with Crippen LogP contribution >= 0.6 is 0 Å². The number of rotatable bonds is 1. The molecule has 0 saturated heterocycles. The predicted octanol–water partition coefficient (Wildman–Crippen LogP) is 2.58. The Morgan fingerprint density at radius 1 is 1.00 bits per heavy atom. The monoisotopic (exact) mass is 216 g/mol. The van der Waals surface area contributed by atoms with E-state index in [1.807, 2.05) is 6.07 Å². The molecule has 1 rings (SSSR count). The Bertz CT molecular complexity index is 449. The third kappa shape index (κ3) is 1.80. The molecule has 0 aliphatic carbocycles. The number of halogens is 1. The summed E-state index contributed by atoms with van der Waals surface area (Å²) < 4.78 is 34.8. The zero-order valence-electron chi connectivity index (χ0n) is 8.68. The largest absolute Gasteiger partial charge is 0.332 e. The van der Waals surface area contributed by atoms with Gasteiger partial charge in [-0.25, -0.2) is 0 Å². The van der Waals surface area contributed by atoms with Crippen molar-refractivity contribution in [3.63, 3.8) is 0 Å². The van der Waals surface area contributed by atoms with Crippen LogP contribution in [0, 0.1) is 27.7 Å². The van der Waals surface area contributed by atoms with Gasteiger partial charge in [-0.2, -0.15) is 8.42 Å². The highest BCUT2D eigenvalue weighted by Crippen LogP contribution is 2.27. The molecular formula is C10H13FO2S. The Balaban J connectivity index is 3.74. The fraction of sp³-hybridized carbons (Fsp3) is 0.400. The fourth-order valence-electron chi connectivity index (χ4n) is 1.55. The lowest BCUT2D eigenvalue weighted by Crippen LogP contribution is -2.03. The highest BCUT2D eigenvalue weighted by molar-refractivity contribution is 7.86. The first-order chi connectivity index (χ1) is 6.25. The Morgan fingerprint density at radius 2 is 1.36 bits per heavy atom. The van der Waals surface area contributed by atoms with Crippen LogP contribution in [-0.2, 0) is 10.2 Å². The van der Waals surface area contributed by atoms with Crippen LogP contribution in [0.2, 0.25) is 0 Å². The first-order valence-corrected chi connectivity index (χ1v) is 5.65. The van der Waals surface area contributed by atoms with Crippen molar-refractivity contribution in [3.05, 3.63) is 28.3 Å². The van der Waals surface area contributed by atoms with E-state index in [0.29, 0.717) is 11.1 Å². The number of hydrogen-bond acceptors (Lipinski definition) is 2. The molecule has 0 aromatic heterocycles. The highest BCUT2D eigenvalue weighted by Gasteiger charge is 2.20. The van der Waals surface area contributed by atoms with Gasteiger partial charge in [-0.3, -0.25) is 0 Å². The molecule has 0 aliphatic heterocycles. The van der Waals surface area contributed by atoms with Gasteiger partial charge in [0.2, 0.25) is 0 Å². The van der Waals surface area contributed by atoms with Gasteiger partial charge < -0.3 is 0 Å². The van der Waals surface area contributed by atoms with E-state index in [9.17, 15) is 12.3 Å². The Hall–Kier alpha value is -0.900. The van der Waals surface area contributed by atoms with Crippen LogP contribution in [0.25, 0.3) is 0 Å². The lowest BCUT2D eigenvalue weighted by atomic mass is 10.0. The molecule has 1 aromatic rings. The van der Waals surface area contributed by atoms with Crippen LogP contribution < -0.4 is 0 Å². The zero-order chi connectivity index (χ0) is 11.1. The van der Waals surface area contributed by atoms with Gasteiger partial charge in [-0.05, 0) is 49.9 Å². The van der Waals surface area contributed by atoms with Crippen LogP contribution in [0.15, 0.2) is 11.0 Å². The van der Waals surface area contributed by atoms with Crippen molar-refractivity contribution >= 4 is 10.2 Å². The normalized spacial score (nSPS) is 11.8. The molecule has 0 unspecified atom stereocenters. The second kappa shape index (κ2) is 3.35. The van der Waals surface area contributed by atoms with Gasteiger partial charge in [0.15, 0.2) is 0 Å². The summed E-state index contributed by atoms with van der Waals surface area (Å²) in [5.74, 6) is 0. The van der Waals surface area contributed by atoms with Crippen LogP contribution in [0.4, 0.5) is 3.89 Å². The summed E-state index contributed by atoms with van der Waals surface area (Å²) in [6, 6.07) is 1.86. The molecular weight excluding hydrogens is 203 g/mol. The van der Waals surface area contributed by atoms with Crippen LogP contribution in [0.3, 0.4) is 0 Å². The molecule has 0 aliphatic rings. The van der Waals surface area contributed by atoms with E-state index in [1.54, 1.807) is 27.7 Å². The van der Waals surface area contributed by atoms with Crippen molar-refractivity contribution in [2.24, 2.45) is 0 Å². The quantitative estimate of drug-likeness (QED) is 0.676. The Kier molecular flexibility index (Phi) is 2.67. The molecule has 0 radical (unpaired) electrons. The van der Waals surface area contributed by atoms with Crippen molar-refractivity contribution in [1.29, 1.82) is 0 Å². The Labute approximate surface area is 84.0 Å². The molecule has 0 heterocycles.